The molecule has 37 heavy (non-hydrogen) atoms. The van der Waals surface area contributed by atoms with Crippen LogP contribution >= 0.6 is 11.6 Å². The van der Waals surface area contributed by atoms with Crippen molar-refractivity contribution in [3.63, 3.8) is 0 Å². The third-order valence-corrected chi connectivity index (χ3v) is 5.24. The van der Waals surface area contributed by atoms with Gasteiger partial charge < -0.3 is 10.4 Å². The maximum absolute atomic E-state index is 14.3. The number of hydrazone groups is 2. The van der Waals surface area contributed by atoms with E-state index in [1.807, 2.05) is 0 Å². The number of fused-ring (bicyclic) bond motifs is 1. The SMILES string of the molecule is C=NN(/N=C\C)c1ncc(NC(=O)c2cnn(-c3cnc(O)c4c(F)cccc34)c2C(F)(F)F)cc1Cl. The van der Waals surface area contributed by atoms with Crippen molar-refractivity contribution in [3.8, 4) is 11.6 Å². The second kappa shape index (κ2) is 9.81. The first kappa shape index (κ1) is 25.5. The molecule has 0 saturated heterocycles. The maximum Gasteiger partial charge on any atom is 0.434 e. The van der Waals surface area contributed by atoms with Crippen LogP contribution in [0.25, 0.3) is 16.5 Å². The standard InChI is InChI=1S/C22H15ClF4N8O2/c1-3-31-35(28-2)19-14(23)7-11(8-29-19)33-20(36)13-9-32-34(18(13)22(25,26)27)16-10-30-21(37)17-12(16)5-4-6-15(17)24/h3-10H,2H2,1H3,(H,30,37)(H,33,36)/b31-3-. The molecule has 4 rings (SSSR count). The summed E-state index contributed by atoms with van der Waals surface area (Å²) >= 11 is 6.17. The Kier molecular flexibility index (Phi) is 6.76. The molecule has 15 heteroatoms. The quantitative estimate of drug-likeness (QED) is 0.204. The summed E-state index contributed by atoms with van der Waals surface area (Å²) in [7, 11) is 0. The van der Waals surface area contributed by atoms with Gasteiger partial charge in [0, 0.05) is 18.3 Å². The molecule has 0 aliphatic rings. The molecule has 0 aliphatic carbocycles. The number of amides is 1. The zero-order valence-corrected chi connectivity index (χ0v) is 19.5. The summed E-state index contributed by atoms with van der Waals surface area (Å²) in [4.78, 5) is 20.5. The van der Waals surface area contributed by atoms with Gasteiger partial charge >= 0.3 is 6.18 Å². The molecule has 0 bridgehead atoms. The van der Waals surface area contributed by atoms with Gasteiger partial charge in [-0.15, -0.1) is 5.12 Å². The normalized spacial score (nSPS) is 11.7. The van der Waals surface area contributed by atoms with Crippen LogP contribution in [0.5, 0.6) is 5.88 Å². The minimum absolute atomic E-state index is 0.0220. The van der Waals surface area contributed by atoms with E-state index in [4.69, 9.17) is 11.6 Å². The highest BCUT2D eigenvalue weighted by Crippen LogP contribution is 2.37. The number of halogens is 5. The number of benzene rings is 1. The van der Waals surface area contributed by atoms with Gasteiger partial charge in [0.1, 0.15) is 5.82 Å². The average Bonchev–Trinajstić information content (AvgIpc) is 3.29. The zero-order chi connectivity index (χ0) is 26.9. The molecule has 1 aromatic carbocycles. The van der Waals surface area contributed by atoms with Crippen molar-refractivity contribution in [2.45, 2.75) is 13.1 Å². The van der Waals surface area contributed by atoms with E-state index in [2.05, 4.69) is 37.3 Å². The molecule has 0 radical (unpaired) electrons. The molecule has 10 nitrogen and oxygen atoms in total. The molecule has 190 valence electrons. The largest absolute Gasteiger partial charge is 0.493 e. The van der Waals surface area contributed by atoms with Crippen molar-refractivity contribution in [3.05, 3.63) is 65.0 Å². The van der Waals surface area contributed by atoms with Crippen LogP contribution in [-0.4, -0.2) is 43.7 Å². The minimum atomic E-state index is -5.06. The molecule has 0 spiro atoms. The molecule has 0 unspecified atom stereocenters. The van der Waals surface area contributed by atoms with Crippen LogP contribution in [0.1, 0.15) is 23.0 Å². The molecule has 3 heterocycles. The lowest BCUT2D eigenvalue weighted by atomic mass is 10.1. The van der Waals surface area contributed by atoms with E-state index in [9.17, 15) is 27.5 Å². The number of aromatic nitrogens is 4. The minimum Gasteiger partial charge on any atom is -0.493 e. The van der Waals surface area contributed by atoms with Crippen LogP contribution in [0.4, 0.5) is 29.1 Å². The highest BCUT2D eigenvalue weighted by atomic mass is 35.5. The lowest BCUT2D eigenvalue weighted by molar-refractivity contribution is -0.143. The summed E-state index contributed by atoms with van der Waals surface area (Å²) in [6.07, 6.45) is -0.921. The summed E-state index contributed by atoms with van der Waals surface area (Å²) < 4.78 is 57.1. The Bertz CT molecular complexity index is 1550. The fraction of sp³-hybridized carbons (Fsp3) is 0.0909. The number of nitrogens with zero attached hydrogens (tertiary/aromatic N) is 7. The predicted octanol–water partition coefficient (Wildman–Crippen LogP) is 5.01. The zero-order valence-electron chi connectivity index (χ0n) is 18.7. The first-order chi connectivity index (χ1) is 17.6. The average molecular weight is 535 g/mol. The van der Waals surface area contributed by atoms with Gasteiger partial charge in [0.25, 0.3) is 5.91 Å². The Labute approximate surface area is 210 Å². The monoisotopic (exact) mass is 534 g/mol. The summed E-state index contributed by atoms with van der Waals surface area (Å²) in [5.41, 5.74) is -2.61. The molecule has 0 aliphatic heterocycles. The van der Waals surface area contributed by atoms with Gasteiger partial charge in [-0.3, -0.25) is 4.79 Å². The third kappa shape index (κ3) is 4.78. The molecule has 4 aromatic rings. The number of carbonyl (C=O) groups is 1. The number of anilines is 2. The molecule has 0 atom stereocenters. The van der Waals surface area contributed by atoms with Crippen LogP contribution in [0.2, 0.25) is 5.02 Å². The van der Waals surface area contributed by atoms with Crippen LogP contribution in [0.15, 0.2) is 53.1 Å². The fourth-order valence-corrected chi connectivity index (χ4v) is 3.71. The number of aromatic hydroxyl groups is 1. The lowest BCUT2D eigenvalue weighted by Crippen LogP contribution is -2.21. The second-order valence-electron chi connectivity index (χ2n) is 7.23. The first-order valence-corrected chi connectivity index (χ1v) is 10.6. The van der Waals surface area contributed by atoms with Crippen LogP contribution in [0.3, 0.4) is 0 Å². The highest BCUT2D eigenvalue weighted by molar-refractivity contribution is 6.33. The lowest BCUT2D eigenvalue weighted by Gasteiger charge is -2.15. The van der Waals surface area contributed by atoms with Crippen molar-refractivity contribution >= 4 is 52.7 Å². The Hall–Kier alpha value is -4.59. The number of hydrogen-bond acceptors (Lipinski definition) is 8. The molecule has 0 saturated carbocycles. The van der Waals surface area contributed by atoms with Gasteiger partial charge in [-0.1, -0.05) is 23.7 Å². The van der Waals surface area contributed by atoms with E-state index < -0.39 is 40.4 Å². The molecule has 3 aromatic heterocycles. The van der Waals surface area contributed by atoms with Crippen LogP contribution in [0, 0.1) is 5.82 Å². The smallest absolute Gasteiger partial charge is 0.434 e. The van der Waals surface area contributed by atoms with Crippen molar-refractivity contribution in [1.82, 2.24) is 19.7 Å². The van der Waals surface area contributed by atoms with Gasteiger partial charge in [-0.25, -0.2) is 19.0 Å². The van der Waals surface area contributed by atoms with Crippen LogP contribution < -0.4 is 10.4 Å². The number of rotatable bonds is 6. The van der Waals surface area contributed by atoms with E-state index in [0.717, 1.165) is 23.6 Å². The Morgan fingerprint density at radius 2 is 2.03 bits per heavy atom. The Balaban J connectivity index is 1.76. The van der Waals surface area contributed by atoms with Gasteiger partial charge in [-0.2, -0.15) is 28.5 Å². The number of hydrogen-bond donors (Lipinski definition) is 2. The van der Waals surface area contributed by atoms with E-state index in [-0.39, 0.29) is 27.6 Å². The summed E-state index contributed by atoms with van der Waals surface area (Å²) in [6, 6.07) is 4.79. The highest BCUT2D eigenvalue weighted by Gasteiger charge is 2.41. The van der Waals surface area contributed by atoms with Gasteiger partial charge in [-0.05, 0) is 19.1 Å². The van der Waals surface area contributed by atoms with E-state index in [1.165, 1.54) is 24.4 Å². The van der Waals surface area contributed by atoms with Crippen molar-refractivity contribution in [2.24, 2.45) is 10.2 Å². The van der Waals surface area contributed by atoms with Crippen molar-refractivity contribution in [1.29, 1.82) is 0 Å². The Morgan fingerprint density at radius 1 is 1.27 bits per heavy atom. The number of alkyl halides is 3. The number of nitrogens with one attached hydrogen (secondary N) is 1. The molecule has 2 N–H and O–H groups in total. The number of carbonyl (C=O) groups excluding carboxylic acids is 1. The van der Waals surface area contributed by atoms with Crippen molar-refractivity contribution in [2.75, 3.05) is 10.4 Å². The number of pyridine rings is 2. The third-order valence-electron chi connectivity index (χ3n) is 4.96. The molecule has 1 amide bonds. The Morgan fingerprint density at radius 3 is 2.68 bits per heavy atom. The first-order valence-electron chi connectivity index (χ1n) is 10.2. The maximum atomic E-state index is 14.3. The fourth-order valence-electron chi connectivity index (χ4n) is 3.47. The predicted molar refractivity (Wildman–Crippen MR) is 129 cm³/mol. The second-order valence-corrected chi connectivity index (χ2v) is 7.64. The summed E-state index contributed by atoms with van der Waals surface area (Å²) in [6.45, 7) is 4.95. The van der Waals surface area contributed by atoms with E-state index in [1.54, 1.807) is 6.92 Å². The van der Waals surface area contributed by atoms with Gasteiger partial charge in [0.05, 0.1) is 45.9 Å². The topological polar surface area (TPSA) is 121 Å². The molecular formula is C22H15ClF4N8O2. The van der Waals surface area contributed by atoms with Gasteiger partial charge in [0.2, 0.25) is 5.88 Å². The molecule has 0 fully saturated rings. The van der Waals surface area contributed by atoms with Gasteiger partial charge in [0.15, 0.2) is 11.5 Å². The van der Waals surface area contributed by atoms with E-state index >= 15 is 0 Å². The molecular weight excluding hydrogens is 520 g/mol. The van der Waals surface area contributed by atoms with Crippen LogP contribution in [-0.2, 0) is 6.18 Å². The summed E-state index contributed by atoms with van der Waals surface area (Å²) in [5.74, 6) is -2.71. The van der Waals surface area contributed by atoms with Crippen molar-refractivity contribution < 1.29 is 27.5 Å². The van der Waals surface area contributed by atoms with E-state index in [0.29, 0.717) is 10.9 Å². The summed E-state index contributed by atoms with van der Waals surface area (Å²) in [5, 5.41) is 23.9.